The van der Waals surface area contributed by atoms with Crippen LogP contribution in [0.4, 0.5) is 0 Å². The van der Waals surface area contributed by atoms with Gasteiger partial charge in [-0.2, -0.15) is 0 Å². The second kappa shape index (κ2) is 4.23. The van der Waals surface area contributed by atoms with E-state index in [0.29, 0.717) is 0 Å². The molecule has 78 valence electrons. The number of aliphatic hydroxyl groups excluding tert-OH is 1. The van der Waals surface area contributed by atoms with Crippen molar-refractivity contribution in [1.29, 1.82) is 0 Å². The molecule has 0 aromatic carbocycles. The number of methoxy groups -OCH3 is 2. The fourth-order valence-corrected chi connectivity index (χ4v) is 1.45. The Morgan fingerprint density at radius 3 is 2.57 bits per heavy atom. The van der Waals surface area contributed by atoms with E-state index in [-0.39, 0.29) is 12.0 Å². The van der Waals surface area contributed by atoms with Crippen LogP contribution < -0.4 is 0 Å². The molecule has 1 aliphatic carbocycles. The van der Waals surface area contributed by atoms with Crippen LogP contribution in [-0.4, -0.2) is 37.4 Å². The molecular weight excluding hydrogens is 188 g/mol. The van der Waals surface area contributed by atoms with Crippen molar-refractivity contribution in [3.63, 3.8) is 0 Å². The monoisotopic (exact) mass is 200 g/mol. The van der Waals surface area contributed by atoms with Crippen molar-refractivity contribution in [3.05, 3.63) is 11.6 Å². The van der Waals surface area contributed by atoms with E-state index in [4.69, 9.17) is 0 Å². The molecule has 1 rings (SSSR count). The lowest BCUT2D eigenvalue weighted by Gasteiger charge is -2.10. The van der Waals surface area contributed by atoms with Crippen LogP contribution in [0, 0.1) is 5.92 Å². The fraction of sp³-hybridized carbons (Fsp3) is 0.556. The van der Waals surface area contributed by atoms with Gasteiger partial charge in [-0.3, -0.25) is 4.79 Å². The van der Waals surface area contributed by atoms with Gasteiger partial charge in [0.2, 0.25) is 0 Å². The van der Waals surface area contributed by atoms with Crippen LogP contribution >= 0.6 is 0 Å². The molecule has 0 bridgehead atoms. The van der Waals surface area contributed by atoms with Gasteiger partial charge >= 0.3 is 11.9 Å². The summed E-state index contributed by atoms with van der Waals surface area (Å²) >= 11 is 0. The van der Waals surface area contributed by atoms with E-state index in [1.54, 1.807) is 0 Å². The molecule has 0 spiro atoms. The number of hydrogen-bond acceptors (Lipinski definition) is 5. The molecule has 2 atom stereocenters. The van der Waals surface area contributed by atoms with Gasteiger partial charge in [-0.25, -0.2) is 4.79 Å². The van der Waals surface area contributed by atoms with Gasteiger partial charge in [0, 0.05) is 0 Å². The minimum Gasteiger partial charge on any atom is -0.469 e. The average Bonchev–Trinajstić information content (AvgIpc) is 2.58. The summed E-state index contributed by atoms with van der Waals surface area (Å²) in [5.41, 5.74) is 0.173. The maximum atomic E-state index is 11.2. The first-order valence-corrected chi connectivity index (χ1v) is 4.16. The van der Waals surface area contributed by atoms with Gasteiger partial charge in [0.1, 0.15) is 0 Å². The Balaban J connectivity index is 2.84. The van der Waals surface area contributed by atoms with E-state index >= 15 is 0 Å². The minimum atomic E-state index is -0.784. The Bertz CT molecular complexity index is 281. The van der Waals surface area contributed by atoms with Crippen molar-refractivity contribution in [1.82, 2.24) is 0 Å². The van der Waals surface area contributed by atoms with Crippen LogP contribution in [0.1, 0.15) is 6.42 Å². The van der Waals surface area contributed by atoms with Crippen LogP contribution in [0.25, 0.3) is 0 Å². The van der Waals surface area contributed by atoms with Gasteiger partial charge in [0.05, 0.1) is 31.8 Å². The first kappa shape index (κ1) is 10.7. The molecule has 14 heavy (non-hydrogen) atoms. The zero-order chi connectivity index (χ0) is 10.7. The molecule has 0 aromatic heterocycles. The van der Waals surface area contributed by atoms with Crippen LogP contribution in [-0.2, 0) is 19.1 Å². The Morgan fingerprint density at radius 1 is 1.43 bits per heavy atom. The molecule has 1 aliphatic rings. The molecule has 0 radical (unpaired) electrons. The molecule has 0 unspecified atom stereocenters. The van der Waals surface area contributed by atoms with Crippen molar-refractivity contribution < 1.29 is 24.2 Å². The summed E-state index contributed by atoms with van der Waals surface area (Å²) in [5.74, 6) is -1.84. The second-order valence-electron chi connectivity index (χ2n) is 2.99. The fourth-order valence-electron chi connectivity index (χ4n) is 1.45. The van der Waals surface area contributed by atoms with Gasteiger partial charge in [-0.05, 0) is 12.5 Å². The first-order valence-electron chi connectivity index (χ1n) is 4.16. The van der Waals surface area contributed by atoms with Crippen molar-refractivity contribution in [2.75, 3.05) is 14.2 Å². The van der Waals surface area contributed by atoms with Gasteiger partial charge < -0.3 is 14.6 Å². The van der Waals surface area contributed by atoms with Crippen molar-refractivity contribution in [2.45, 2.75) is 12.5 Å². The zero-order valence-electron chi connectivity index (χ0n) is 8.02. The van der Waals surface area contributed by atoms with E-state index in [1.165, 1.54) is 20.3 Å². The largest absolute Gasteiger partial charge is 0.469 e. The third-order valence-electron chi connectivity index (χ3n) is 2.13. The SMILES string of the molecule is COC(=O)C1=C[C@H](O)C[C@@H]1C(=O)OC. The summed E-state index contributed by atoms with van der Waals surface area (Å²) in [5, 5.41) is 9.27. The maximum Gasteiger partial charge on any atom is 0.334 e. The second-order valence-corrected chi connectivity index (χ2v) is 2.99. The van der Waals surface area contributed by atoms with Gasteiger partial charge in [0.15, 0.2) is 0 Å². The Kier molecular flexibility index (Phi) is 3.24. The molecule has 0 aliphatic heterocycles. The molecule has 0 amide bonds. The Labute approximate surface area is 81.3 Å². The lowest BCUT2D eigenvalue weighted by atomic mass is 10.0. The molecule has 0 aromatic rings. The van der Waals surface area contributed by atoms with Crippen LogP contribution in [0.15, 0.2) is 11.6 Å². The lowest BCUT2D eigenvalue weighted by molar-refractivity contribution is -0.147. The molecule has 1 N–H and O–H groups in total. The quantitative estimate of drug-likeness (QED) is 0.616. The third-order valence-corrected chi connectivity index (χ3v) is 2.13. The molecule has 5 heteroatoms. The van der Waals surface area contributed by atoms with Gasteiger partial charge in [-0.15, -0.1) is 0 Å². The van der Waals surface area contributed by atoms with Crippen LogP contribution in [0.5, 0.6) is 0 Å². The highest BCUT2D eigenvalue weighted by Crippen LogP contribution is 2.27. The summed E-state index contributed by atoms with van der Waals surface area (Å²) in [4.78, 5) is 22.4. The number of carbonyl (C=O) groups is 2. The molecule has 0 saturated carbocycles. The number of esters is 2. The van der Waals surface area contributed by atoms with Crippen LogP contribution in [0.2, 0.25) is 0 Å². The molecule has 0 fully saturated rings. The smallest absolute Gasteiger partial charge is 0.334 e. The highest BCUT2D eigenvalue weighted by Gasteiger charge is 2.36. The maximum absolute atomic E-state index is 11.2. The standard InChI is InChI=1S/C9H12O5/c1-13-8(11)6-3-5(10)4-7(6)9(12)14-2/h3,5,7,10H,4H2,1-2H3/t5-,7-/m0/s1. The minimum absolute atomic E-state index is 0.173. The lowest BCUT2D eigenvalue weighted by Crippen LogP contribution is -2.21. The van der Waals surface area contributed by atoms with Crippen LogP contribution in [0.3, 0.4) is 0 Å². The van der Waals surface area contributed by atoms with E-state index in [0.717, 1.165) is 0 Å². The van der Waals surface area contributed by atoms with E-state index in [2.05, 4.69) is 9.47 Å². The number of carbonyl (C=O) groups excluding carboxylic acids is 2. The summed E-state index contributed by atoms with van der Waals surface area (Å²) in [6.45, 7) is 0. The summed E-state index contributed by atoms with van der Waals surface area (Å²) < 4.78 is 8.99. The number of ether oxygens (including phenoxy) is 2. The number of hydrogen-bond donors (Lipinski definition) is 1. The van der Waals surface area contributed by atoms with Crippen molar-refractivity contribution in [2.24, 2.45) is 5.92 Å². The van der Waals surface area contributed by atoms with E-state index in [1.807, 2.05) is 0 Å². The molecular formula is C9H12O5. The predicted molar refractivity (Wildman–Crippen MR) is 46.2 cm³/mol. The van der Waals surface area contributed by atoms with Gasteiger partial charge in [-0.1, -0.05) is 0 Å². The van der Waals surface area contributed by atoms with Gasteiger partial charge in [0.25, 0.3) is 0 Å². The highest BCUT2D eigenvalue weighted by atomic mass is 16.5. The van der Waals surface area contributed by atoms with E-state index < -0.39 is 24.0 Å². The molecule has 0 saturated heterocycles. The zero-order valence-corrected chi connectivity index (χ0v) is 8.02. The van der Waals surface area contributed by atoms with Crippen molar-refractivity contribution >= 4 is 11.9 Å². The first-order chi connectivity index (χ1) is 6.60. The summed E-state index contributed by atoms with van der Waals surface area (Å²) in [7, 11) is 2.46. The van der Waals surface area contributed by atoms with E-state index in [9.17, 15) is 14.7 Å². The number of aliphatic hydroxyl groups is 1. The van der Waals surface area contributed by atoms with Crippen molar-refractivity contribution in [3.8, 4) is 0 Å². The molecule has 5 nitrogen and oxygen atoms in total. The Hall–Kier alpha value is -1.36. The average molecular weight is 200 g/mol. The topological polar surface area (TPSA) is 72.8 Å². The predicted octanol–water partition coefficient (Wildman–Crippen LogP) is -0.360. The Morgan fingerprint density at radius 2 is 2.07 bits per heavy atom. The summed E-state index contributed by atoms with van der Waals surface area (Å²) in [6.07, 6.45) is 0.720. The highest BCUT2D eigenvalue weighted by molar-refractivity contribution is 5.96. The molecule has 0 heterocycles. The number of rotatable bonds is 2. The third kappa shape index (κ3) is 1.93. The summed E-state index contributed by atoms with van der Waals surface area (Å²) in [6, 6.07) is 0. The normalized spacial score (nSPS) is 25.5.